The summed E-state index contributed by atoms with van der Waals surface area (Å²) >= 11 is 7.30. The van der Waals surface area contributed by atoms with Gasteiger partial charge in [0, 0.05) is 29.9 Å². The van der Waals surface area contributed by atoms with Crippen LogP contribution in [0.1, 0.15) is 0 Å². The number of phenols is 1. The van der Waals surface area contributed by atoms with Crippen LogP contribution in [0.4, 0.5) is 15.6 Å². The number of rotatable bonds is 2. The van der Waals surface area contributed by atoms with Crippen LogP contribution in [0, 0.1) is 0 Å². The van der Waals surface area contributed by atoms with E-state index in [-0.39, 0.29) is 24.2 Å². The first-order chi connectivity index (χ1) is 13.0. The Hall–Kier alpha value is -2.84. The molecule has 7 nitrogen and oxygen atoms in total. The lowest BCUT2D eigenvalue weighted by molar-refractivity contribution is -0.120. The van der Waals surface area contributed by atoms with E-state index in [4.69, 9.17) is 11.6 Å². The Morgan fingerprint density at radius 3 is 2.85 bits per heavy atom. The van der Waals surface area contributed by atoms with Gasteiger partial charge in [0.15, 0.2) is 5.13 Å². The van der Waals surface area contributed by atoms with Gasteiger partial charge in [0.25, 0.3) is 0 Å². The van der Waals surface area contributed by atoms with Crippen molar-refractivity contribution in [1.82, 2.24) is 9.88 Å². The Labute approximate surface area is 163 Å². The van der Waals surface area contributed by atoms with Crippen molar-refractivity contribution in [3.63, 3.8) is 0 Å². The van der Waals surface area contributed by atoms with E-state index in [1.807, 2.05) is 6.07 Å². The maximum Gasteiger partial charge on any atom is 0.324 e. The third kappa shape index (κ3) is 3.67. The highest BCUT2D eigenvalue weighted by molar-refractivity contribution is 7.22. The zero-order valence-electron chi connectivity index (χ0n) is 14.1. The predicted molar refractivity (Wildman–Crippen MR) is 106 cm³/mol. The number of hydrogen-bond acceptors (Lipinski definition) is 5. The molecule has 0 bridgehead atoms. The lowest BCUT2D eigenvalue weighted by Gasteiger charge is -2.34. The first-order valence-corrected chi connectivity index (χ1v) is 9.40. The van der Waals surface area contributed by atoms with Crippen molar-refractivity contribution in [1.29, 1.82) is 0 Å². The molecule has 0 atom stereocenters. The number of aromatic hydroxyl groups is 1. The maximum absolute atomic E-state index is 12.5. The lowest BCUT2D eigenvalue weighted by atomic mass is 10.2. The van der Waals surface area contributed by atoms with Gasteiger partial charge in [0.2, 0.25) is 5.91 Å². The van der Waals surface area contributed by atoms with Crippen molar-refractivity contribution in [3.8, 4) is 5.75 Å². The molecule has 0 radical (unpaired) electrons. The second kappa shape index (κ2) is 7.05. The highest BCUT2D eigenvalue weighted by Crippen LogP contribution is 2.29. The number of halogens is 1. The van der Waals surface area contributed by atoms with E-state index < -0.39 is 0 Å². The third-order valence-electron chi connectivity index (χ3n) is 4.21. The second-order valence-corrected chi connectivity index (χ2v) is 7.52. The Bertz CT molecular complexity index is 1040. The van der Waals surface area contributed by atoms with Crippen LogP contribution in [0.25, 0.3) is 10.2 Å². The minimum atomic E-state index is -0.377. The first-order valence-electron chi connectivity index (χ1n) is 8.21. The molecule has 1 saturated heterocycles. The van der Waals surface area contributed by atoms with E-state index >= 15 is 0 Å². The molecule has 138 valence electrons. The fraction of sp³-hybridized carbons (Fsp3) is 0.167. The summed E-state index contributed by atoms with van der Waals surface area (Å²) < 4.78 is 0.852. The number of anilines is 2. The summed E-state index contributed by atoms with van der Waals surface area (Å²) in [5.74, 6) is -0.0544. The second-order valence-electron chi connectivity index (χ2n) is 6.05. The minimum Gasteiger partial charge on any atom is -0.508 e. The van der Waals surface area contributed by atoms with Crippen molar-refractivity contribution in [2.24, 2.45) is 0 Å². The van der Waals surface area contributed by atoms with Gasteiger partial charge in [-0.05, 0) is 30.3 Å². The van der Waals surface area contributed by atoms with Gasteiger partial charge in [0.1, 0.15) is 12.3 Å². The van der Waals surface area contributed by atoms with Gasteiger partial charge in [0.05, 0.1) is 10.2 Å². The van der Waals surface area contributed by atoms with Gasteiger partial charge >= 0.3 is 6.03 Å². The number of nitrogens with one attached hydrogen (secondary N) is 1. The molecule has 4 rings (SSSR count). The number of piperazine rings is 1. The van der Waals surface area contributed by atoms with E-state index in [9.17, 15) is 14.7 Å². The average molecular weight is 403 g/mol. The van der Waals surface area contributed by atoms with Crippen molar-refractivity contribution in [2.45, 2.75) is 0 Å². The molecular formula is C18H15ClN4O3S. The number of carbonyl (C=O) groups excluding carboxylic acids is 2. The molecule has 1 aliphatic heterocycles. The van der Waals surface area contributed by atoms with Gasteiger partial charge in [-0.2, -0.15) is 0 Å². The summed E-state index contributed by atoms with van der Waals surface area (Å²) in [5, 5.41) is 13.2. The van der Waals surface area contributed by atoms with Gasteiger partial charge in [-0.15, -0.1) is 0 Å². The molecule has 9 heteroatoms. The van der Waals surface area contributed by atoms with Crippen LogP contribution in [0.5, 0.6) is 5.75 Å². The summed E-state index contributed by atoms with van der Waals surface area (Å²) in [6, 6.07) is 11.5. The number of amides is 3. The summed E-state index contributed by atoms with van der Waals surface area (Å²) in [6.45, 7) is 0.764. The average Bonchev–Trinajstić information content (AvgIpc) is 3.02. The quantitative estimate of drug-likeness (QED) is 0.686. The Morgan fingerprint density at radius 1 is 1.22 bits per heavy atom. The van der Waals surface area contributed by atoms with E-state index in [1.54, 1.807) is 35.2 Å². The molecule has 1 fully saturated rings. The number of thiazole rings is 1. The standard InChI is InChI=1S/C18H15ClN4O3S/c19-11-2-1-3-12(8-11)23-7-6-22(10-16(23)25)18(26)21-17-20-14-9-13(24)4-5-15(14)27-17/h1-5,8-9,24H,6-7,10H2,(H,20,21,26). The summed E-state index contributed by atoms with van der Waals surface area (Å²) in [4.78, 5) is 32.3. The molecule has 2 aromatic carbocycles. The molecule has 0 aliphatic carbocycles. The van der Waals surface area contributed by atoms with E-state index in [0.29, 0.717) is 28.8 Å². The van der Waals surface area contributed by atoms with Crippen LogP contribution in [0.3, 0.4) is 0 Å². The smallest absolute Gasteiger partial charge is 0.324 e. The summed E-state index contributed by atoms with van der Waals surface area (Å²) in [7, 11) is 0. The lowest BCUT2D eigenvalue weighted by Crippen LogP contribution is -2.53. The molecule has 27 heavy (non-hydrogen) atoms. The van der Waals surface area contributed by atoms with Crippen molar-refractivity contribution in [2.75, 3.05) is 29.9 Å². The van der Waals surface area contributed by atoms with Crippen LogP contribution < -0.4 is 10.2 Å². The predicted octanol–water partition coefficient (Wildman–Crippen LogP) is 3.54. The van der Waals surface area contributed by atoms with Crippen LogP contribution in [-0.2, 0) is 4.79 Å². The Morgan fingerprint density at radius 2 is 2.07 bits per heavy atom. The Kier molecular flexibility index (Phi) is 4.59. The number of phenolic OH excluding ortho intramolecular Hbond substituents is 1. The first kappa shape index (κ1) is 17.6. The van der Waals surface area contributed by atoms with E-state index in [2.05, 4.69) is 10.3 Å². The van der Waals surface area contributed by atoms with Crippen molar-refractivity contribution < 1.29 is 14.7 Å². The zero-order chi connectivity index (χ0) is 19.0. The molecular weight excluding hydrogens is 388 g/mol. The highest BCUT2D eigenvalue weighted by Gasteiger charge is 2.28. The number of urea groups is 1. The molecule has 1 aliphatic rings. The minimum absolute atomic E-state index is 0.0238. The topological polar surface area (TPSA) is 85.8 Å². The number of carbonyl (C=O) groups is 2. The van der Waals surface area contributed by atoms with Crippen LogP contribution in [0.2, 0.25) is 5.02 Å². The largest absolute Gasteiger partial charge is 0.508 e. The van der Waals surface area contributed by atoms with Gasteiger partial charge < -0.3 is 14.9 Å². The Balaban J connectivity index is 1.43. The van der Waals surface area contributed by atoms with Crippen molar-refractivity contribution >= 4 is 55.9 Å². The number of benzene rings is 2. The number of nitrogens with zero attached hydrogens (tertiary/aromatic N) is 3. The molecule has 3 amide bonds. The van der Waals surface area contributed by atoms with Crippen LogP contribution >= 0.6 is 22.9 Å². The third-order valence-corrected chi connectivity index (χ3v) is 5.40. The molecule has 2 N–H and O–H groups in total. The number of fused-ring (bicyclic) bond motifs is 1. The summed E-state index contributed by atoms with van der Waals surface area (Å²) in [6.07, 6.45) is 0. The van der Waals surface area contributed by atoms with Crippen LogP contribution in [0.15, 0.2) is 42.5 Å². The molecule has 0 saturated carbocycles. The normalized spacial score (nSPS) is 14.6. The molecule has 2 heterocycles. The monoisotopic (exact) mass is 402 g/mol. The molecule has 1 aromatic heterocycles. The molecule has 0 spiro atoms. The molecule has 0 unspecified atom stereocenters. The SMILES string of the molecule is O=C(Nc1nc2cc(O)ccc2s1)N1CCN(c2cccc(Cl)c2)C(=O)C1. The van der Waals surface area contributed by atoms with E-state index in [0.717, 1.165) is 10.4 Å². The maximum atomic E-state index is 12.5. The van der Waals surface area contributed by atoms with Gasteiger partial charge in [-0.1, -0.05) is 29.0 Å². The highest BCUT2D eigenvalue weighted by atomic mass is 35.5. The van der Waals surface area contributed by atoms with E-state index in [1.165, 1.54) is 22.3 Å². The fourth-order valence-electron chi connectivity index (χ4n) is 2.90. The fourth-order valence-corrected chi connectivity index (χ4v) is 3.92. The van der Waals surface area contributed by atoms with Crippen LogP contribution in [-0.4, -0.2) is 46.6 Å². The summed E-state index contributed by atoms with van der Waals surface area (Å²) in [5.41, 5.74) is 1.33. The zero-order valence-corrected chi connectivity index (χ0v) is 15.6. The molecule has 3 aromatic rings. The number of aromatic nitrogens is 1. The number of hydrogen-bond donors (Lipinski definition) is 2. The van der Waals surface area contributed by atoms with Gasteiger partial charge in [-0.3, -0.25) is 10.1 Å². The van der Waals surface area contributed by atoms with Gasteiger partial charge in [-0.25, -0.2) is 9.78 Å². The van der Waals surface area contributed by atoms with Crippen molar-refractivity contribution in [3.05, 3.63) is 47.5 Å².